The van der Waals surface area contributed by atoms with Gasteiger partial charge < -0.3 is 29.5 Å². The normalized spacial score (nSPS) is 19.0. The lowest BCUT2D eigenvalue weighted by Crippen LogP contribution is -2.33. The van der Waals surface area contributed by atoms with E-state index in [0.717, 1.165) is 26.2 Å². The number of ether oxygens (including phenoxy) is 2. The van der Waals surface area contributed by atoms with Crippen LogP contribution in [0.2, 0.25) is 0 Å². The molecule has 2 aromatic rings. The van der Waals surface area contributed by atoms with E-state index in [1.807, 2.05) is 0 Å². The lowest BCUT2D eigenvalue weighted by atomic mass is 10.3. The van der Waals surface area contributed by atoms with Crippen LogP contribution in [0, 0.1) is 0 Å². The first kappa shape index (κ1) is 25.9. The fraction of sp³-hybridized carbons (Fsp3) is 0.538. The van der Waals surface area contributed by atoms with Crippen molar-refractivity contribution in [2.24, 2.45) is 0 Å². The second-order valence-electron chi connectivity index (χ2n) is 9.39. The van der Waals surface area contributed by atoms with Crippen molar-refractivity contribution >= 4 is 9.84 Å². The molecular weight excluding hydrogens is 468 g/mol. The summed E-state index contributed by atoms with van der Waals surface area (Å²) in [7, 11) is -3.69. The van der Waals surface area contributed by atoms with Crippen molar-refractivity contribution in [3.05, 3.63) is 48.5 Å². The number of aliphatic hydroxyl groups excluding tert-OH is 2. The van der Waals surface area contributed by atoms with Gasteiger partial charge in [-0.05, 0) is 100 Å². The molecule has 2 aliphatic rings. The Kier molecular flexibility index (Phi) is 9.02. The van der Waals surface area contributed by atoms with Gasteiger partial charge in [-0.15, -0.1) is 0 Å². The summed E-state index contributed by atoms with van der Waals surface area (Å²) in [5, 5.41) is 20.3. The second-order valence-corrected chi connectivity index (χ2v) is 11.3. The summed E-state index contributed by atoms with van der Waals surface area (Å²) in [6, 6.07) is 12.5. The largest absolute Gasteiger partial charge is 0.491 e. The summed E-state index contributed by atoms with van der Waals surface area (Å²) in [6.45, 7) is 5.55. The van der Waals surface area contributed by atoms with Gasteiger partial charge in [-0.25, -0.2) is 8.42 Å². The Labute approximate surface area is 208 Å². The summed E-state index contributed by atoms with van der Waals surface area (Å²) >= 11 is 0. The van der Waals surface area contributed by atoms with Crippen LogP contribution in [0.4, 0.5) is 0 Å². The molecule has 0 saturated carbocycles. The molecular formula is C26H36N2O6S. The lowest BCUT2D eigenvalue weighted by molar-refractivity contribution is 0.0757. The van der Waals surface area contributed by atoms with Gasteiger partial charge in [0.1, 0.15) is 36.9 Å². The highest BCUT2D eigenvalue weighted by Crippen LogP contribution is 2.25. The van der Waals surface area contributed by atoms with E-state index in [2.05, 4.69) is 9.80 Å². The van der Waals surface area contributed by atoms with Crippen LogP contribution in [0.1, 0.15) is 25.7 Å². The van der Waals surface area contributed by atoms with Gasteiger partial charge in [0.05, 0.1) is 9.79 Å². The number of benzene rings is 2. The average Bonchev–Trinajstić information content (AvgIpc) is 3.56. The molecule has 2 atom stereocenters. The number of rotatable bonds is 12. The van der Waals surface area contributed by atoms with Crippen LogP contribution in [0.5, 0.6) is 11.5 Å². The van der Waals surface area contributed by atoms with Crippen LogP contribution in [0.15, 0.2) is 58.3 Å². The number of likely N-dealkylation sites (tertiary alicyclic amines) is 2. The van der Waals surface area contributed by atoms with Crippen molar-refractivity contribution in [3.8, 4) is 11.5 Å². The van der Waals surface area contributed by atoms with Gasteiger partial charge in [-0.1, -0.05) is 0 Å². The van der Waals surface area contributed by atoms with Crippen LogP contribution < -0.4 is 9.47 Å². The SMILES string of the molecule is O=S(=O)(c1ccc(OC[C@@H](O)CN2CCCC2)cc1)c1ccc(OC[C@H](O)CN2CCCC2)cc1. The fourth-order valence-corrected chi connectivity index (χ4v) is 5.84. The standard InChI is InChI=1S/C26H36N2O6S/c29-21(17-27-13-1-2-14-27)19-33-23-5-9-25(10-6-23)35(31,32)26-11-7-24(8-12-26)34-20-22(30)18-28-15-3-4-16-28/h5-12,21-22,29-30H,1-4,13-20H2/t21-,22+. The molecule has 0 unspecified atom stereocenters. The van der Waals surface area contributed by atoms with Crippen molar-refractivity contribution in [3.63, 3.8) is 0 Å². The molecule has 2 heterocycles. The summed E-state index contributed by atoms with van der Waals surface area (Å²) in [4.78, 5) is 4.77. The van der Waals surface area contributed by atoms with Gasteiger partial charge in [-0.2, -0.15) is 0 Å². The molecule has 2 N–H and O–H groups in total. The molecule has 0 aliphatic carbocycles. The number of nitrogens with zero attached hydrogens (tertiary/aromatic N) is 2. The summed E-state index contributed by atoms with van der Waals surface area (Å²) in [5.74, 6) is 1.03. The third kappa shape index (κ3) is 7.41. The van der Waals surface area contributed by atoms with Gasteiger partial charge in [-0.3, -0.25) is 0 Å². The maximum Gasteiger partial charge on any atom is 0.206 e. The maximum absolute atomic E-state index is 13.0. The Bertz CT molecular complexity index is 939. The van der Waals surface area contributed by atoms with Gasteiger partial charge in [0, 0.05) is 13.1 Å². The molecule has 2 aromatic carbocycles. The molecule has 8 nitrogen and oxygen atoms in total. The summed E-state index contributed by atoms with van der Waals surface area (Å²) in [6.07, 6.45) is 3.50. The number of hydrogen-bond donors (Lipinski definition) is 2. The van der Waals surface area contributed by atoms with E-state index < -0.39 is 22.0 Å². The molecule has 2 fully saturated rings. The first-order valence-corrected chi connectivity index (χ1v) is 13.9. The molecule has 0 radical (unpaired) electrons. The molecule has 9 heteroatoms. The monoisotopic (exact) mass is 504 g/mol. The molecule has 0 aromatic heterocycles. The third-order valence-electron chi connectivity index (χ3n) is 6.49. The minimum absolute atomic E-state index is 0.163. The van der Waals surface area contributed by atoms with Gasteiger partial charge in [0.25, 0.3) is 0 Å². The average molecular weight is 505 g/mol. The predicted octanol–water partition coefficient (Wildman–Crippen LogP) is 2.19. The minimum atomic E-state index is -3.69. The Hall–Kier alpha value is -2.17. The smallest absolute Gasteiger partial charge is 0.206 e. The highest BCUT2D eigenvalue weighted by Gasteiger charge is 2.20. The van der Waals surface area contributed by atoms with Crippen molar-refractivity contribution in [2.75, 3.05) is 52.5 Å². The van der Waals surface area contributed by atoms with Gasteiger partial charge in [0.2, 0.25) is 9.84 Å². The molecule has 2 aliphatic heterocycles. The van der Waals surface area contributed by atoms with Crippen LogP contribution in [-0.4, -0.2) is 93.1 Å². The molecule has 0 spiro atoms. The third-order valence-corrected chi connectivity index (χ3v) is 8.27. The highest BCUT2D eigenvalue weighted by molar-refractivity contribution is 7.91. The zero-order valence-corrected chi connectivity index (χ0v) is 20.9. The predicted molar refractivity (Wildman–Crippen MR) is 133 cm³/mol. The second kappa shape index (κ2) is 12.2. The minimum Gasteiger partial charge on any atom is -0.491 e. The zero-order valence-electron chi connectivity index (χ0n) is 20.1. The topological polar surface area (TPSA) is 99.5 Å². The van der Waals surface area contributed by atoms with Crippen LogP contribution in [0.3, 0.4) is 0 Å². The lowest BCUT2D eigenvalue weighted by Gasteiger charge is -2.19. The fourth-order valence-electron chi connectivity index (χ4n) is 4.58. The summed E-state index contributed by atoms with van der Waals surface area (Å²) in [5.41, 5.74) is 0. The number of hydrogen-bond acceptors (Lipinski definition) is 8. The molecule has 35 heavy (non-hydrogen) atoms. The zero-order chi connectivity index (χ0) is 24.7. The summed E-state index contributed by atoms with van der Waals surface area (Å²) < 4.78 is 37.3. The number of sulfone groups is 1. The van der Waals surface area contributed by atoms with Crippen molar-refractivity contribution in [1.29, 1.82) is 0 Å². The van der Waals surface area contributed by atoms with Crippen LogP contribution >= 0.6 is 0 Å². The van der Waals surface area contributed by atoms with Crippen molar-refractivity contribution in [2.45, 2.75) is 47.7 Å². The molecule has 0 amide bonds. The number of aliphatic hydroxyl groups is 2. The maximum atomic E-state index is 13.0. The molecule has 192 valence electrons. The molecule has 0 bridgehead atoms. The first-order valence-electron chi connectivity index (χ1n) is 12.4. The van der Waals surface area contributed by atoms with Crippen LogP contribution in [-0.2, 0) is 9.84 Å². The highest BCUT2D eigenvalue weighted by atomic mass is 32.2. The Balaban J connectivity index is 1.27. The Morgan fingerprint density at radius 1 is 0.657 bits per heavy atom. The molecule has 4 rings (SSSR count). The van der Waals surface area contributed by atoms with E-state index >= 15 is 0 Å². The molecule has 2 saturated heterocycles. The van der Waals surface area contributed by atoms with E-state index in [9.17, 15) is 18.6 Å². The Morgan fingerprint density at radius 3 is 1.34 bits per heavy atom. The number of β-amino-alcohol motifs (C(OH)–C–C–N with tert-alkyl or cyclic N) is 2. The van der Waals surface area contributed by atoms with Crippen LogP contribution in [0.25, 0.3) is 0 Å². The van der Waals surface area contributed by atoms with E-state index in [1.54, 1.807) is 24.3 Å². The van der Waals surface area contributed by atoms with Gasteiger partial charge >= 0.3 is 0 Å². The van der Waals surface area contributed by atoms with Gasteiger partial charge in [0.15, 0.2) is 0 Å². The quantitative estimate of drug-likeness (QED) is 0.454. The van der Waals surface area contributed by atoms with Crippen molar-refractivity contribution in [1.82, 2.24) is 9.80 Å². The van der Waals surface area contributed by atoms with E-state index in [0.29, 0.717) is 24.6 Å². The Morgan fingerprint density at radius 2 is 1.00 bits per heavy atom. The van der Waals surface area contributed by atoms with Crippen molar-refractivity contribution < 1.29 is 28.1 Å². The van der Waals surface area contributed by atoms with E-state index in [-0.39, 0.29) is 23.0 Å². The van der Waals surface area contributed by atoms with E-state index in [4.69, 9.17) is 9.47 Å². The first-order chi connectivity index (χ1) is 16.9. The van der Waals surface area contributed by atoms with E-state index in [1.165, 1.54) is 49.9 Å².